The van der Waals surface area contributed by atoms with Crippen molar-refractivity contribution in [1.29, 1.82) is 0 Å². The van der Waals surface area contributed by atoms with Gasteiger partial charge >= 0.3 is 0 Å². The Labute approximate surface area is 104 Å². The Kier molecular flexibility index (Phi) is 3.26. The van der Waals surface area contributed by atoms with Crippen LogP contribution in [0, 0.1) is 3.57 Å². The molecule has 1 nitrogen and oxygen atoms in total. The van der Waals surface area contributed by atoms with Crippen LogP contribution >= 0.6 is 22.6 Å². The lowest BCUT2D eigenvalue weighted by atomic mass is 10.1. The number of anilines is 1. The fourth-order valence-electron chi connectivity index (χ4n) is 1.51. The summed E-state index contributed by atoms with van der Waals surface area (Å²) in [5, 5.41) is 3.12. The van der Waals surface area contributed by atoms with Crippen molar-refractivity contribution in [2.45, 2.75) is 0 Å². The molecule has 2 rings (SSSR count). The smallest absolute Gasteiger partial charge is 0.0337 e. The first-order chi connectivity index (χ1) is 7.31. The van der Waals surface area contributed by atoms with E-state index >= 15 is 0 Å². The van der Waals surface area contributed by atoms with Gasteiger partial charge in [0.15, 0.2) is 0 Å². The van der Waals surface area contributed by atoms with E-state index in [0.717, 1.165) is 5.69 Å². The van der Waals surface area contributed by atoms with Gasteiger partial charge in [0.1, 0.15) is 0 Å². The maximum Gasteiger partial charge on any atom is 0.0337 e. The molecule has 2 heteroatoms. The Morgan fingerprint density at radius 2 is 1.60 bits per heavy atom. The monoisotopic (exact) mass is 309 g/mol. The van der Waals surface area contributed by atoms with E-state index in [1.807, 2.05) is 7.05 Å². The van der Waals surface area contributed by atoms with Crippen LogP contribution in [-0.2, 0) is 0 Å². The highest BCUT2D eigenvalue weighted by atomic mass is 127. The summed E-state index contributed by atoms with van der Waals surface area (Å²) in [7, 11) is 1.93. The van der Waals surface area contributed by atoms with Gasteiger partial charge in [-0.25, -0.2) is 0 Å². The number of nitrogens with one attached hydrogen (secondary N) is 1. The quantitative estimate of drug-likeness (QED) is 0.827. The minimum Gasteiger partial charge on any atom is -0.388 e. The van der Waals surface area contributed by atoms with E-state index in [1.54, 1.807) is 0 Å². The second kappa shape index (κ2) is 4.66. The van der Waals surface area contributed by atoms with Crippen LogP contribution in [-0.4, -0.2) is 7.05 Å². The summed E-state index contributed by atoms with van der Waals surface area (Å²) in [6, 6.07) is 16.9. The van der Waals surface area contributed by atoms with Gasteiger partial charge in [0.2, 0.25) is 0 Å². The van der Waals surface area contributed by atoms with Crippen molar-refractivity contribution in [2.75, 3.05) is 12.4 Å². The molecule has 0 atom stereocenters. The van der Waals surface area contributed by atoms with Gasteiger partial charge in [-0.15, -0.1) is 0 Å². The first-order valence-corrected chi connectivity index (χ1v) is 5.92. The molecule has 0 amide bonds. The van der Waals surface area contributed by atoms with Gasteiger partial charge in [0.05, 0.1) is 0 Å². The summed E-state index contributed by atoms with van der Waals surface area (Å²) in [4.78, 5) is 0. The van der Waals surface area contributed by atoms with Gasteiger partial charge in [0.25, 0.3) is 0 Å². The number of benzene rings is 2. The average molecular weight is 309 g/mol. The van der Waals surface area contributed by atoms with Gasteiger partial charge in [0, 0.05) is 16.3 Å². The molecule has 0 aliphatic carbocycles. The second-order valence-corrected chi connectivity index (χ2v) is 4.47. The molecule has 0 aromatic heterocycles. The van der Waals surface area contributed by atoms with E-state index in [1.165, 1.54) is 14.7 Å². The van der Waals surface area contributed by atoms with E-state index in [-0.39, 0.29) is 0 Å². The molecule has 2 aromatic rings. The molecule has 0 aliphatic heterocycles. The largest absolute Gasteiger partial charge is 0.388 e. The average Bonchev–Trinajstić information content (AvgIpc) is 2.30. The van der Waals surface area contributed by atoms with Crippen molar-refractivity contribution >= 4 is 28.3 Å². The molecule has 0 unspecified atom stereocenters. The molecule has 0 fully saturated rings. The maximum absolute atomic E-state index is 3.12. The zero-order valence-corrected chi connectivity index (χ0v) is 10.7. The Bertz CT molecular complexity index is 448. The first kappa shape index (κ1) is 10.5. The van der Waals surface area contributed by atoms with Crippen LogP contribution in [0.3, 0.4) is 0 Å². The fraction of sp³-hybridized carbons (Fsp3) is 0.0769. The molecule has 0 aliphatic rings. The van der Waals surface area contributed by atoms with Crippen LogP contribution in [0.5, 0.6) is 0 Å². The Morgan fingerprint density at radius 3 is 2.20 bits per heavy atom. The van der Waals surface area contributed by atoms with Gasteiger partial charge < -0.3 is 5.32 Å². The SMILES string of the molecule is CNc1ccc(-c2ccccc2I)cc1. The summed E-state index contributed by atoms with van der Waals surface area (Å²) in [5.41, 5.74) is 3.70. The molecule has 0 saturated heterocycles. The van der Waals surface area contributed by atoms with Crippen LogP contribution in [0.1, 0.15) is 0 Å². The van der Waals surface area contributed by atoms with Crippen LogP contribution < -0.4 is 5.32 Å². The van der Waals surface area contributed by atoms with Crippen LogP contribution in [0.2, 0.25) is 0 Å². The Hall–Kier alpha value is -1.03. The Morgan fingerprint density at radius 1 is 0.933 bits per heavy atom. The van der Waals surface area contributed by atoms with Gasteiger partial charge in [-0.2, -0.15) is 0 Å². The molecular weight excluding hydrogens is 297 g/mol. The predicted octanol–water partition coefficient (Wildman–Crippen LogP) is 4.00. The summed E-state index contributed by atoms with van der Waals surface area (Å²) in [5.74, 6) is 0. The topological polar surface area (TPSA) is 12.0 Å². The first-order valence-electron chi connectivity index (χ1n) is 4.84. The molecule has 0 bridgehead atoms. The Balaban J connectivity index is 2.42. The number of hydrogen-bond donors (Lipinski definition) is 1. The second-order valence-electron chi connectivity index (χ2n) is 3.31. The highest BCUT2D eigenvalue weighted by molar-refractivity contribution is 14.1. The molecule has 2 aromatic carbocycles. The van der Waals surface area contributed by atoms with E-state index in [9.17, 15) is 0 Å². The lowest BCUT2D eigenvalue weighted by Crippen LogP contribution is -1.87. The number of rotatable bonds is 2. The third-order valence-corrected chi connectivity index (χ3v) is 3.30. The predicted molar refractivity (Wildman–Crippen MR) is 74.1 cm³/mol. The van der Waals surface area contributed by atoms with Gasteiger partial charge in [-0.3, -0.25) is 0 Å². The van der Waals surface area contributed by atoms with Crippen molar-refractivity contribution in [2.24, 2.45) is 0 Å². The molecule has 0 radical (unpaired) electrons. The molecule has 1 N–H and O–H groups in total. The van der Waals surface area contributed by atoms with Crippen molar-refractivity contribution in [1.82, 2.24) is 0 Å². The van der Waals surface area contributed by atoms with E-state index in [2.05, 4.69) is 76.4 Å². The van der Waals surface area contributed by atoms with E-state index in [0.29, 0.717) is 0 Å². The lowest BCUT2D eigenvalue weighted by molar-refractivity contribution is 1.50. The van der Waals surface area contributed by atoms with Gasteiger partial charge in [-0.05, 0) is 51.9 Å². The zero-order valence-electron chi connectivity index (χ0n) is 8.50. The zero-order chi connectivity index (χ0) is 10.7. The normalized spacial score (nSPS) is 10.0. The summed E-state index contributed by atoms with van der Waals surface area (Å²) in [6.07, 6.45) is 0. The molecular formula is C13H12IN. The number of halogens is 1. The summed E-state index contributed by atoms with van der Waals surface area (Å²) >= 11 is 2.37. The van der Waals surface area contributed by atoms with Crippen molar-refractivity contribution < 1.29 is 0 Å². The van der Waals surface area contributed by atoms with Gasteiger partial charge in [-0.1, -0.05) is 30.3 Å². The van der Waals surface area contributed by atoms with Crippen molar-refractivity contribution in [3.05, 3.63) is 52.1 Å². The maximum atomic E-state index is 3.12. The van der Waals surface area contributed by atoms with Crippen molar-refractivity contribution in [3.63, 3.8) is 0 Å². The van der Waals surface area contributed by atoms with Crippen LogP contribution in [0.15, 0.2) is 48.5 Å². The fourth-order valence-corrected chi connectivity index (χ4v) is 2.21. The van der Waals surface area contributed by atoms with Crippen LogP contribution in [0.25, 0.3) is 11.1 Å². The molecule has 0 saturated carbocycles. The third kappa shape index (κ3) is 2.31. The van der Waals surface area contributed by atoms with E-state index < -0.39 is 0 Å². The van der Waals surface area contributed by atoms with Crippen molar-refractivity contribution in [3.8, 4) is 11.1 Å². The highest BCUT2D eigenvalue weighted by Gasteiger charge is 2.00. The minimum absolute atomic E-state index is 1.14. The van der Waals surface area contributed by atoms with E-state index in [4.69, 9.17) is 0 Å². The third-order valence-electron chi connectivity index (χ3n) is 2.36. The standard InChI is InChI=1S/C13H12IN/c1-15-11-8-6-10(7-9-11)12-4-2-3-5-13(12)14/h2-9,15H,1H3. The molecule has 0 heterocycles. The van der Waals surface area contributed by atoms with Crippen LogP contribution in [0.4, 0.5) is 5.69 Å². The molecule has 15 heavy (non-hydrogen) atoms. The summed E-state index contributed by atoms with van der Waals surface area (Å²) in [6.45, 7) is 0. The highest BCUT2D eigenvalue weighted by Crippen LogP contribution is 2.25. The minimum atomic E-state index is 1.14. The molecule has 0 spiro atoms. The number of hydrogen-bond acceptors (Lipinski definition) is 1. The lowest BCUT2D eigenvalue weighted by Gasteiger charge is -2.05. The summed E-state index contributed by atoms with van der Waals surface area (Å²) < 4.78 is 1.28. The molecule has 76 valence electrons.